The fraction of sp³-hybridized carbons (Fsp3) is 0.833. The highest BCUT2D eigenvalue weighted by Gasteiger charge is 2.10. The van der Waals surface area contributed by atoms with Crippen LogP contribution in [0.4, 0.5) is 0 Å². The van der Waals surface area contributed by atoms with Gasteiger partial charge < -0.3 is 16.8 Å². The van der Waals surface area contributed by atoms with Gasteiger partial charge in [0.2, 0.25) is 5.91 Å². The Labute approximate surface area is 61.0 Å². The first-order chi connectivity index (χ1) is 4.72. The van der Waals surface area contributed by atoms with E-state index in [-0.39, 0.29) is 11.9 Å². The van der Waals surface area contributed by atoms with Crippen LogP contribution in [0.3, 0.4) is 0 Å². The largest absolute Gasteiger partial charge is 0.368 e. The maximum Gasteiger partial charge on any atom is 0.234 e. The quantitative estimate of drug-likeness (QED) is 0.454. The number of primary amides is 1. The van der Waals surface area contributed by atoms with Crippen molar-refractivity contribution in [3.05, 3.63) is 0 Å². The first-order valence-corrected chi connectivity index (χ1v) is 3.39. The molecule has 0 aromatic carbocycles. The molecule has 0 spiro atoms. The van der Waals surface area contributed by atoms with Gasteiger partial charge in [-0.15, -0.1) is 0 Å². The average Bonchev–Trinajstić information content (AvgIpc) is 1.89. The van der Waals surface area contributed by atoms with Crippen molar-refractivity contribution < 1.29 is 4.79 Å². The van der Waals surface area contributed by atoms with Crippen LogP contribution in [0.15, 0.2) is 0 Å². The molecule has 0 bridgehead atoms. The Morgan fingerprint density at radius 2 is 2.30 bits per heavy atom. The molecule has 60 valence electrons. The maximum absolute atomic E-state index is 10.6. The molecule has 0 aliphatic heterocycles. The van der Waals surface area contributed by atoms with Gasteiger partial charge >= 0.3 is 0 Å². The van der Waals surface area contributed by atoms with Crippen molar-refractivity contribution in [3.8, 4) is 0 Å². The number of nitrogens with one attached hydrogen (secondary N) is 1. The number of nitrogens with two attached hydrogens (primary N) is 2. The second kappa shape index (κ2) is 5.20. The summed E-state index contributed by atoms with van der Waals surface area (Å²) in [6.45, 7) is 0.603. The third-order valence-corrected chi connectivity index (χ3v) is 1.39. The standard InChI is InChI=1S/C6H15N3O/c1-9-5(6(8)10)3-2-4-7/h5,9H,2-4,7H2,1H3,(H2,8,10)/t5-/m1/s1. The van der Waals surface area contributed by atoms with Crippen molar-refractivity contribution in [2.45, 2.75) is 18.9 Å². The molecule has 0 unspecified atom stereocenters. The Hall–Kier alpha value is -0.610. The van der Waals surface area contributed by atoms with E-state index in [1.807, 2.05) is 0 Å². The molecular weight excluding hydrogens is 130 g/mol. The van der Waals surface area contributed by atoms with Crippen LogP contribution in [0.25, 0.3) is 0 Å². The molecule has 4 nitrogen and oxygen atoms in total. The molecule has 10 heavy (non-hydrogen) atoms. The summed E-state index contributed by atoms with van der Waals surface area (Å²) in [5.74, 6) is -0.309. The van der Waals surface area contributed by atoms with Gasteiger partial charge in [-0.3, -0.25) is 4.79 Å². The monoisotopic (exact) mass is 145 g/mol. The van der Waals surface area contributed by atoms with Gasteiger partial charge in [-0.1, -0.05) is 0 Å². The highest BCUT2D eigenvalue weighted by molar-refractivity contribution is 5.79. The Morgan fingerprint density at radius 3 is 2.60 bits per heavy atom. The molecule has 0 radical (unpaired) electrons. The molecule has 0 fully saturated rings. The molecule has 0 saturated carbocycles. The van der Waals surface area contributed by atoms with Crippen LogP contribution in [0, 0.1) is 0 Å². The Balaban J connectivity index is 3.50. The van der Waals surface area contributed by atoms with E-state index in [9.17, 15) is 4.79 Å². The van der Waals surface area contributed by atoms with E-state index in [4.69, 9.17) is 11.5 Å². The zero-order valence-corrected chi connectivity index (χ0v) is 6.26. The van der Waals surface area contributed by atoms with Crippen molar-refractivity contribution >= 4 is 5.91 Å². The summed E-state index contributed by atoms with van der Waals surface area (Å²) in [5.41, 5.74) is 10.3. The molecule has 5 N–H and O–H groups in total. The zero-order chi connectivity index (χ0) is 7.98. The van der Waals surface area contributed by atoms with Gasteiger partial charge in [0.25, 0.3) is 0 Å². The number of carbonyl (C=O) groups is 1. The summed E-state index contributed by atoms with van der Waals surface area (Å²) >= 11 is 0. The predicted molar refractivity (Wildman–Crippen MR) is 40.3 cm³/mol. The summed E-state index contributed by atoms with van der Waals surface area (Å²) in [4.78, 5) is 10.6. The van der Waals surface area contributed by atoms with Crippen molar-refractivity contribution in [2.75, 3.05) is 13.6 Å². The van der Waals surface area contributed by atoms with E-state index in [2.05, 4.69) is 5.32 Å². The topological polar surface area (TPSA) is 81.1 Å². The number of likely N-dealkylation sites (N-methyl/N-ethyl adjacent to an activating group) is 1. The average molecular weight is 145 g/mol. The molecule has 1 atom stereocenters. The van der Waals surface area contributed by atoms with Crippen molar-refractivity contribution in [3.63, 3.8) is 0 Å². The van der Waals surface area contributed by atoms with Gasteiger partial charge in [0, 0.05) is 0 Å². The summed E-state index contributed by atoms with van der Waals surface area (Å²) in [6, 6.07) is -0.219. The second-order valence-electron chi connectivity index (χ2n) is 2.17. The van der Waals surface area contributed by atoms with Crippen LogP contribution in [0.5, 0.6) is 0 Å². The predicted octanol–water partition coefficient (Wildman–Crippen LogP) is -1.20. The molecule has 4 heteroatoms. The number of amides is 1. The first-order valence-electron chi connectivity index (χ1n) is 3.39. The highest BCUT2D eigenvalue weighted by Crippen LogP contribution is 1.93. The van der Waals surface area contributed by atoms with E-state index >= 15 is 0 Å². The fourth-order valence-electron chi connectivity index (χ4n) is 0.751. The van der Waals surface area contributed by atoms with E-state index in [0.717, 1.165) is 12.8 Å². The maximum atomic E-state index is 10.6. The summed E-state index contributed by atoms with van der Waals surface area (Å²) in [5, 5.41) is 2.81. The Morgan fingerprint density at radius 1 is 1.70 bits per heavy atom. The lowest BCUT2D eigenvalue weighted by Crippen LogP contribution is -2.39. The van der Waals surface area contributed by atoms with Crippen LogP contribution < -0.4 is 16.8 Å². The number of carbonyl (C=O) groups excluding carboxylic acids is 1. The fourth-order valence-corrected chi connectivity index (χ4v) is 0.751. The van der Waals surface area contributed by atoms with Gasteiger partial charge in [0.1, 0.15) is 0 Å². The number of rotatable bonds is 5. The van der Waals surface area contributed by atoms with Crippen molar-refractivity contribution in [2.24, 2.45) is 11.5 Å². The van der Waals surface area contributed by atoms with Gasteiger partial charge in [-0.25, -0.2) is 0 Å². The van der Waals surface area contributed by atoms with E-state index in [0.29, 0.717) is 6.54 Å². The molecule has 0 aromatic heterocycles. The lowest BCUT2D eigenvalue weighted by molar-refractivity contribution is -0.120. The highest BCUT2D eigenvalue weighted by atomic mass is 16.1. The molecule has 1 amide bonds. The first kappa shape index (κ1) is 9.39. The third kappa shape index (κ3) is 3.42. The van der Waals surface area contributed by atoms with Crippen LogP contribution in [0.1, 0.15) is 12.8 Å². The Bertz CT molecular complexity index is 105. The minimum absolute atomic E-state index is 0.219. The van der Waals surface area contributed by atoms with E-state index < -0.39 is 0 Å². The van der Waals surface area contributed by atoms with Crippen LogP contribution in [-0.2, 0) is 4.79 Å². The molecule has 0 heterocycles. The van der Waals surface area contributed by atoms with Crippen molar-refractivity contribution in [1.82, 2.24) is 5.32 Å². The summed E-state index contributed by atoms with van der Waals surface area (Å²) in [7, 11) is 1.71. The molecule has 0 rings (SSSR count). The lowest BCUT2D eigenvalue weighted by atomic mass is 10.1. The van der Waals surface area contributed by atoms with Crippen LogP contribution >= 0.6 is 0 Å². The van der Waals surface area contributed by atoms with Crippen LogP contribution in [0.2, 0.25) is 0 Å². The molecule has 0 aliphatic carbocycles. The Kier molecular flexibility index (Phi) is 4.88. The second-order valence-corrected chi connectivity index (χ2v) is 2.17. The third-order valence-electron chi connectivity index (χ3n) is 1.39. The van der Waals surface area contributed by atoms with Crippen LogP contribution in [-0.4, -0.2) is 25.5 Å². The van der Waals surface area contributed by atoms with Gasteiger partial charge in [0.05, 0.1) is 6.04 Å². The number of hydrogen-bond donors (Lipinski definition) is 3. The normalized spacial score (nSPS) is 13.0. The number of hydrogen-bond acceptors (Lipinski definition) is 3. The molecule has 0 aliphatic rings. The van der Waals surface area contributed by atoms with Gasteiger partial charge in [0.15, 0.2) is 0 Å². The van der Waals surface area contributed by atoms with E-state index in [1.165, 1.54) is 0 Å². The summed E-state index contributed by atoms with van der Waals surface area (Å²) in [6.07, 6.45) is 1.55. The van der Waals surface area contributed by atoms with E-state index in [1.54, 1.807) is 7.05 Å². The minimum Gasteiger partial charge on any atom is -0.368 e. The molecule has 0 aromatic rings. The SMILES string of the molecule is CN[C@H](CCCN)C(N)=O. The smallest absolute Gasteiger partial charge is 0.234 e. The summed E-state index contributed by atoms with van der Waals surface area (Å²) < 4.78 is 0. The van der Waals surface area contributed by atoms with Crippen molar-refractivity contribution in [1.29, 1.82) is 0 Å². The molecule has 0 saturated heterocycles. The molecular formula is C6H15N3O. The van der Waals surface area contributed by atoms with Gasteiger partial charge in [-0.2, -0.15) is 0 Å². The zero-order valence-electron chi connectivity index (χ0n) is 6.26. The minimum atomic E-state index is -0.309. The van der Waals surface area contributed by atoms with Gasteiger partial charge in [-0.05, 0) is 26.4 Å². The lowest BCUT2D eigenvalue weighted by Gasteiger charge is -2.09.